The summed E-state index contributed by atoms with van der Waals surface area (Å²) in [5, 5.41) is 10.0. The summed E-state index contributed by atoms with van der Waals surface area (Å²) in [6.07, 6.45) is 5.06. The van der Waals surface area contributed by atoms with Crippen molar-refractivity contribution >= 4 is 17.3 Å². The minimum absolute atomic E-state index is 0.293. The number of carboxylic acids is 1. The number of carbonyl (C=O) groups is 1. The average Bonchev–Trinajstić information content (AvgIpc) is 2.75. The number of hydrogen-bond donors (Lipinski definition) is 1. The number of rotatable bonds is 4. The summed E-state index contributed by atoms with van der Waals surface area (Å²) < 4.78 is 0. The van der Waals surface area contributed by atoms with Crippen LogP contribution in [-0.4, -0.2) is 21.0 Å². The number of pyridine rings is 1. The Kier molecular flexibility index (Phi) is 3.49. The Balaban J connectivity index is 2.48. The lowest BCUT2D eigenvalue weighted by Gasteiger charge is -1.96. The van der Waals surface area contributed by atoms with Crippen LogP contribution in [0.5, 0.6) is 0 Å². The van der Waals surface area contributed by atoms with E-state index in [2.05, 4.69) is 9.97 Å². The van der Waals surface area contributed by atoms with Gasteiger partial charge in [-0.2, -0.15) is 0 Å². The molecular formula is C12H12N2O2S. The standard InChI is InChI=1S/C12H12N2O2S/c1-2-4-9-14-10(11(17-9)12(15)16)8-5-3-6-13-7-8/h3,5-7H,2,4H2,1H3,(H,15,16). The largest absolute Gasteiger partial charge is 0.477 e. The van der Waals surface area contributed by atoms with Crippen molar-refractivity contribution in [2.24, 2.45) is 0 Å². The summed E-state index contributed by atoms with van der Waals surface area (Å²) in [7, 11) is 0. The first-order valence-corrected chi connectivity index (χ1v) is 6.17. The molecule has 1 N–H and O–H groups in total. The van der Waals surface area contributed by atoms with Gasteiger partial charge in [0.15, 0.2) is 0 Å². The van der Waals surface area contributed by atoms with E-state index in [1.165, 1.54) is 11.3 Å². The summed E-state index contributed by atoms with van der Waals surface area (Å²) in [5.41, 5.74) is 1.28. The van der Waals surface area contributed by atoms with Gasteiger partial charge in [-0.05, 0) is 25.0 Å². The third-order valence-electron chi connectivity index (χ3n) is 2.26. The monoisotopic (exact) mass is 248 g/mol. The first kappa shape index (κ1) is 11.7. The maximum atomic E-state index is 11.2. The van der Waals surface area contributed by atoms with Crippen molar-refractivity contribution in [3.8, 4) is 11.3 Å². The van der Waals surface area contributed by atoms with Gasteiger partial charge in [0.2, 0.25) is 0 Å². The van der Waals surface area contributed by atoms with E-state index >= 15 is 0 Å². The molecule has 0 atom stereocenters. The van der Waals surface area contributed by atoms with E-state index in [0.717, 1.165) is 23.4 Å². The van der Waals surface area contributed by atoms with E-state index in [4.69, 9.17) is 5.11 Å². The van der Waals surface area contributed by atoms with E-state index in [0.29, 0.717) is 10.6 Å². The van der Waals surface area contributed by atoms with Gasteiger partial charge in [-0.1, -0.05) is 6.92 Å². The summed E-state index contributed by atoms with van der Waals surface area (Å²) in [6.45, 7) is 2.05. The maximum absolute atomic E-state index is 11.2. The number of hydrogen-bond acceptors (Lipinski definition) is 4. The number of carboxylic acid groups (broad SMARTS) is 1. The molecule has 0 amide bonds. The zero-order valence-corrected chi connectivity index (χ0v) is 10.2. The maximum Gasteiger partial charge on any atom is 0.348 e. The number of thiazole rings is 1. The molecule has 0 unspecified atom stereocenters. The van der Waals surface area contributed by atoms with Crippen LogP contribution in [0, 0.1) is 0 Å². The summed E-state index contributed by atoms with van der Waals surface area (Å²) >= 11 is 1.25. The number of aromatic carboxylic acids is 1. The second kappa shape index (κ2) is 5.05. The van der Waals surface area contributed by atoms with Gasteiger partial charge in [0.1, 0.15) is 4.88 Å². The van der Waals surface area contributed by atoms with Gasteiger partial charge in [0.25, 0.3) is 0 Å². The van der Waals surface area contributed by atoms with Crippen LogP contribution in [0.25, 0.3) is 11.3 Å². The fraction of sp³-hybridized carbons (Fsp3) is 0.250. The SMILES string of the molecule is CCCc1nc(-c2cccnc2)c(C(=O)O)s1. The van der Waals surface area contributed by atoms with Crippen molar-refractivity contribution < 1.29 is 9.90 Å². The van der Waals surface area contributed by atoms with Gasteiger partial charge in [0, 0.05) is 18.0 Å². The zero-order valence-electron chi connectivity index (χ0n) is 9.38. The summed E-state index contributed by atoms with van der Waals surface area (Å²) in [5.74, 6) is -0.927. The van der Waals surface area contributed by atoms with Crippen molar-refractivity contribution in [3.05, 3.63) is 34.4 Å². The molecule has 0 aliphatic heterocycles. The Labute approximate surface area is 103 Å². The average molecular weight is 248 g/mol. The molecule has 2 aromatic heterocycles. The van der Waals surface area contributed by atoms with Crippen LogP contribution in [0.15, 0.2) is 24.5 Å². The van der Waals surface area contributed by atoms with Crippen LogP contribution >= 0.6 is 11.3 Å². The highest BCUT2D eigenvalue weighted by molar-refractivity contribution is 7.14. The van der Waals surface area contributed by atoms with E-state index in [9.17, 15) is 4.79 Å². The first-order valence-electron chi connectivity index (χ1n) is 5.35. The van der Waals surface area contributed by atoms with Crippen LogP contribution in [0.4, 0.5) is 0 Å². The minimum atomic E-state index is -0.927. The molecule has 0 aliphatic carbocycles. The Bertz CT molecular complexity index is 523. The molecule has 0 fully saturated rings. The van der Waals surface area contributed by atoms with Crippen LogP contribution in [0.2, 0.25) is 0 Å². The molecular weight excluding hydrogens is 236 g/mol. The van der Waals surface area contributed by atoms with Crippen molar-refractivity contribution in [3.63, 3.8) is 0 Å². The number of aromatic nitrogens is 2. The fourth-order valence-electron chi connectivity index (χ4n) is 1.53. The number of aryl methyl sites for hydroxylation is 1. The molecule has 2 heterocycles. The molecule has 2 rings (SSSR count). The van der Waals surface area contributed by atoms with Crippen LogP contribution in [0.1, 0.15) is 28.0 Å². The number of nitrogens with zero attached hydrogens (tertiary/aromatic N) is 2. The third-order valence-corrected chi connectivity index (χ3v) is 3.37. The van der Waals surface area contributed by atoms with Crippen LogP contribution in [-0.2, 0) is 6.42 Å². The van der Waals surface area contributed by atoms with E-state index < -0.39 is 5.97 Å². The normalized spacial score (nSPS) is 10.4. The molecule has 0 aromatic carbocycles. The van der Waals surface area contributed by atoms with E-state index in [-0.39, 0.29) is 0 Å². The van der Waals surface area contributed by atoms with Gasteiger partial charge in [0.05, 0.1) is 10.7 Å². The minimum Gasteiger partial charge on any atom is -0.477 e. The van der Waals surface area contributed by atoms with Gasteiger partial charge in [-0.3, -0.25) is 4.98 Å². The molecule has 88 valence electrons. The van der Waals surface area contributed by atoms with Crippen molar-refractivity contribution in [1.29, 1.82) is 0 Å². The van der Waals surface area contributed by atoms with Crippen molar-refractivity contribution in [2.45, 2.75) is 19.8 Å². The molecule has 0 bridgehead atoms. The zero-order chi connectivity index (χ0) is 12.3. The van der Waals surface area contributed by atoms with E-state index in [1.54, 1.807) is 18.5 Å². The summed E-state index contributed by atoms with van der Waals surface area (Å²) in [4.78, 5) is 19.8. The highest BCUT2D eigenvalue weighted by Crippen LogP contribution is 2.28. The Morgan fingerprint density at radius 2 is 2.35 bits per heavy atom. The highest BCUT2D eigenvalue weighted by Gasteiger charge is 2.18. The predicted octanol–water partition coefficient (Wildman–Crippen LogP) is 2.86. The van der Waals surface area contributed by atoms with Crippen LogP contribution < -0.4 is 0 Å². The van der Waals surface area contributed by atoms with Crippen molar-refractivity contribution in [2.75, 3.05) is 0 Å². The Morgan fingerprint density at radius 1 is 1.53 bits per heavy atom. The molecule has 0 radical (unpaired) electrons. The highest BCUT2D eigenvalue weighted by atomic mass is 32.1. The van der Waals surface area contributed by atoms with Gasteiger partial charge >= 0.3 is 5.97 Å². The fourth-order valence-corrected chi connectivity index (χ4v) is 2.55. The predicted molar refractivity (Wildman–Crippen MR) is 66.3 cm³/mol. The second-order valence-electron chi connectivity index (χ2n) is 3.58. The van der Waals surface area contributed by atoms with Gasteiger partial charge < -0.3 is 5.11 Å². The van der Waals surface area contributed by atoms with Gasteiger partial charge in [-0.15, -0.1) is 11.3 Å². The first-order chi connectivity index (χ1) is 8.22. The quantitative estimate of drug-likeness (QED) is 0.903. The molecule has 0 spiro atoms. The molecule has 0 saturated heterocycles. The lowest BCUT2D eigenvalue weighted by atomic mass is 10.2. The summed E-state index contributed by atoms with van der Waals surface area (Å²) in [6, 6.07) is 3.60. The molecule has 4 nitrogen and oxygen atoms in total. The van der Waals surface area contributed by atoms with Crippen LogP contribution in [0.3, 0.4) is 0 Å². The molecule has 0 saturated carbocycles. The van der Waals surface area contributed by atoms with Crippen molar-refractivity contribution in [1.82, 2.24) is 9.97 Å². The smallest absolute Gasteiger partial charge is 0.348 e. The lowest BCUT2D eigenvalue weighted by molar-refractivity contribution is 0.0702. The topological polar surface area (TPSA) is 63.1 Å². The second-order valence-corrected chi connectivity index (χ2v) is 4.67. The Hall–Kier alpha value is -1.75. The Morgan fingerprint density at radius 3 is 2.94 bits per heavy atom. The molecule has 5 heteroatoms. The van der Waals surface area contributed by atoms with E-state index in [1.807, 2.05) is 13.0 Å². The van der Waals surface area contributed by atoms with Gasteiger partial charge in [-0.25, -0.2) is 9.78 Å². The third kappa shape index (κ3) is 2.50. The molecule has 0 aliphatic rings. The molecule has 17 heavy (non-hydrogen) atoms. The lowest BCUT2D eigenvalue weighted by Crippen LogP contribution is -1.95. The molecule has 2 aromatic rings.